The van der Waals surface area contributed by atoms with E-state index >= 15 is 0 Å². The molecule has 1 saturated heterocycles. The second kappa shape index (κ2) is 9.08. The van der Waals surface area contributed by atoms with Gasteiger partial charge in [0.1, 0.15) is 11.5 Å². The number of ether oxygens (including phenoxy) is 2. The quantitative estimate of drug-likeness (QED) is 0.616. The number of methoxy groups -OCH3 is 1. The molecule has 5 heteroatoms. The normalized spacial score (nSPS) is 16.5. The largest absolute Gasteiger partial charge is 0.497 e. The van der Waals surface area contributed by atoms with E-state index in [4.69, 9.17) is 9.47 Å². The zero-order valence-electron chi connectivity index (χ0n) is 15.0. The van der Waals surface area contributed by atoms with Crippen LogP contribution in [0.4, 0.5) is 0 Å². The Kier molecular flexibility index (Phi) is 6.56. The van der Waals surface area contributed by atoms with Crippen molar-refractivity contribution in [1.29, 1.82) is 0 Å². The minimum atomic E-state index is 0.219. The molecule has 1 fully saturated rings. The second-order valence-corrected chi connectivity index (χ2v) is 7.34. The van der Waals surface area contributed by atoms with E-state index in [0.29, 0.717) is 18.9 Å². The number of benzene rings is 2. The molecule has 0 bridgehead atoms. The van der Waals surface area contributed by atoms with Crippen LogP contribution in [0.15, 0.2) is 53.0 Å². The van der Waals surface area contributed by atoms with Crippen LogP contribution >= 0.6 is 15.9 Å². The first-order chi connectivity index (χ1) is 12.7. The molecule has 1 unspecified atom stereocenters. The third-order valence-electron chi connectivity index (χ3n) is 4.76. The van der Waals surface area contributed by atoms with E-state index in [9.17, 15) is 4.79 Å². The number of likely N-dealkylation sites (tertiary alicyclic amines) is 1. The molecule has 2 aromatic rings. The van der Waals surface area contributed by atoms with Crippen LogP contribution < -0.4 is 9.47 Å². The molecular formula is C21H24BrNO3. The molecule has 0 spiro atoms. The third kappa shape index (κ3) is 4.79. The Labute approximate surface area is 163 Å². The Morgan fingerprint density at radius 3 is 2.69 bits per heavy atom. The van der Waals surface area contributed by atoms with Crippen molar-refractivity contribution in [2.45, 2.75) is 25.2 Å². The number of rotatable bonds is 7. The van der Waals surface area contributed by atoms with Crippen LogP contribution in [0.2, 0.25) is 0 Å². The van der Waals surface area contributed by atoms with Crippen LogP contribution in [0, 0.1) is 0 Å². The molecule has 0 saturated carbocycles. The van der Waals surface area contributed by atoms with Crippen LogP contribution in [0.25, 0.3) is 0 Å². The first kappa shape index (κ1) is 18.8. The smallest absolute Gasteiger partial charge is 0.222 e. The lowest BCUT2D eigenvalue weighted by Gasteiger charge is -2.17. The van der Waals surface area contributed by atoms with E-state index in [-0.39, 0.29) is 5.91 Å². The van der Waals surface area contributed by atoms with Gasteiger partial charge in [-0.2, -0.15) is 0 Å². The van der Waals surface area contributed by atoms with Crippen molar-refractivity contribution in [3.05, 3.63) is 58.6 Å². The lowest BCUT2D eigenvalue weighted by atomic mass is 9.98. The predicted molar refractivity (Wildman–Crippen MR) is 106 cm³/mol. The van der Waals surface area contributed by atoms with Gasteiger partial charge < -0.3 is 14.4 Å². The van der Waals surface area contributed by atoms with Crippen LogP contribution in [0.5, 0.6) is 11.5 Å². The fraction of sp³-hybridized carbons (Fsp3) is 0.381. The first-order valence-corrected chi connectivity index (χ1v) is 9.75. The standard InChI is InChI=1S/C21H24BrNO3/c1-25-18-10-8-16(9-11-18)17-12-13-23(15-17)21(24)7-4-14-26-20-6-3-2-5-19(20)22/h2-3,5-6,8-11,17H,4,7,12-15H2,1H3. The molecule has 1 atom stereocenters. The second-order valence-electron chi connectivity index (χ2n) is 6.48. The third-order valence-corrected chi connectivity index (χ3v) is 5.41. The highest BCUT2D eigenvalue weighted by Crippen LogP contribution is 2.29. The lowest BCUT2D eigenvalue weighted by Crippen LogP contribution is -2.28. The fourth-order valence-electron chi connectivity index (χ4n) is 3.26. The summed E-state index contributed by atoms with van der Waals surface area (Å²) in [5, 5.41) is 0. The van der Waals surface area contributed by atoms with Crippen LogP contribution in [-0.4, -0.2) is 37.6 Å². The van der Waals surface area contributed by atoms with Gasteiger partial charge in [-0.15, -0.1) is 0 Å². The summed E-state index contributed by atoms with van der Waals surface area (Å²) in [5.41, 5.74) is 1.28. The van der Waals surface area contributed by atoms with Gasteiger partial charge in [0.15, 0.2) is 0 Å². The number of halogens is 1. The van der Waals surface area contributed by atoms with Crippen molar-refractivity contribution < 1.29 is 14.3 Å². The van der Waals surface area contributed by atoms with Crippen molar-refractivity contribution in [2.75, 3.05) is 26.8 Å². The maximum Gasteiger partial charge on any atom is 0.222 e. The summed E-state index contributed by atoms with van der Waals surface area (Å²) >= 11 is 3.46. The Morgan fingerprint density at radius 2 is 1.96 bits per heavy atom. The van der Waals surface area contributed by atoms with Gasteiger partial charge in [-0.25, -0.2) is 0 Å². The molecule has 0 N–H and O–H groups in total. The van der Waals surface area contributed by atoms with E-state index in [1.807, 2.05) is 41.3 Å². The first-order valence-electron chi connectivity index (χ1n) is 8.96. The number of para-hydroxylation sites is 1. The average Bonchev–Trinajstić information content (AvgIpc) is 3.17. The Morgan fingerprint density at radius 1 is 1.19 bits per heavy atom. The molecule has 1 aliphatic heterocycles. The number of hydrogen-bond donors (Lipinski definition) is 0. The van der Waals surface area contributed by atoms with E-state index in [0.717, 1.165) is 41.9 Å². The van der Waals surface area contributed by atoms with E-state index < -0.39 is 0 Å². The minimum absolute atomic E-state index is 0.219. The highest BCUT2D eigenvalue weighted by atomic mass is 79.9. The molecule has 1 aliphatic rings. The molecule has 0 aliphatic carbocycles. The zero-order valence-corrected chi connectivity index (χ0v) is 16.6. The predicted octanol–water partition coefficient (Wildman–Crippen LogP) is 4.63. The van der Waals surface area contributed by atoms with Gasteiger partial charge in [-0.1, -0.05) is 24.3 Å². The van der Waals surface area contributed by atoms with Crippen LogP contribution in [0.1, 0.15) is 30.7 Å². The Hall–Kier alpha value is -2.01. The lowest BCUT2D eigenvalue weighted by molar-refractivity contribution is -0.130. The van der Waals surface area contributed by atoms with Crippen molar-refractivity contribution in [1.82, 2.24) is 4.90 Å². The topological polar surface area (TPSA) is 38.8 Å². The summed E-state index contributed by atoms with van der Waals surface area (Å²) in [5.74, 6) is 2.32. The summed E-state index contributed by atoms with van der Waals surface area (Å²) in [6.07, 6.45) is 2.27. The van der Waals surface area contributed by atoms with Crippen molar-refractivity contribution in [3.63, 3.8) is 0 Å². The van der Waals surface area contributed by atoms with Crippen molar-refractivity contribution in [3.8, 4) is 11.5 Å². The van der Waals surface area contributed by atoms with Crippen molar-refractivity contribution in [2.24, 2.45) is 0 Å². The maximum atomic E-state index is 12.4. The molecule has 0 aromatic heterocycles. The summed E-state index contributed by atoms with van der Waals surface area (Å²) in [7, 11) is 1.67. The molecule has 1 heterocycles. The van der Waals surface area contributed by atoms with Gasteiger partial charge in [-0.05, 0) is 58.6 Å². The highest BCUT2D eigenvalue weighted by molar-refractivity contribution is 9.10. The molecule has 1 amide bonds. The molecule has 138 valence electrons. The SMILES string of the molecule is COc1ccc(C2CCN(C(=O)CCCOc3ccccc3Br)C2)cc1. The molecule has 0 radical (unpaired) electrons. The fourth-order valence-corrected chi connectivity index (χ4v) is 3.66. The van der Waals surface area contributed by atoms with Gasteiger partial charge in [0.05, 0.1) is 18.2 Å². The maximum absolute atomic E-state index is 12.4. The molecule has 4 nitrogen and oxygen atoms in total. The summed E-state index contributed by atoms with van der Waals surface area (Å²) in [6, 6.07) is 15.9. The molecule has 3 rings (SSSR count). The van der Waals surface area contributed by atoms with Crippen LogP contribution in [-0.2, 0) is 4.79 Å². The van der Waals surface area contributed by atoms with E-state index in [2.05, 4.69) is 28.1 Å². The van der Waals surface area contributed by atoms with Gasteiger partial charge in [0, 0.05) is 25.4 Å². The molecular weight excluding hydrogens is 394 g/mol. The number of amides is 1. The summed E-state index contributed by atoms with van der Waals surface area (Å²) in [6.45, 7) is 2.18. The number of carbonyl (C=O) groups is 1. The van der Waals surface area contributed by atoms with Crippen LogP contribution in [0.3, 0.4) is 0 Å². The number of carbonyl (C=O) groups excluding carboxylic acids is 1. The van der Waals surface area contributed by atoms with E-state index in [1.165, 1.54) is 5.56 Å². The average molecular weight is 418 g/mol. The molecule has 2 aromatic carbocycles. The summed E-state index contributed by atoms with van der Waals surface area (Å²) < 4.78 is 11.9. The van der Waals surface area contributed by atoms with E-state index in [1.54, 1.807) is 7.11 Å². The monoisotopic (exact) mass is 417 g/mol. The number of hydrogen-bond acceptors (Lipinski definition) is 3. The van der Waals surface area contributed by atoms with Gasteiger partial charge in [-0.3, -0.25) is 4.79 Å². The zero-order chi connectivity index (χ0) is 18.4. The summed E-state index contributed by atoms with van der Waals surface area (Å²) in [4.78, 5) is 14.4. The van der Waals surface area contributed by atoms with Gasteiger partial charge in [0.25, 0.3) is 0 Å². The number of nitrogens with zero attached hydrogens (tertiary/aromatic N) is 1. The Bertz CT molecular complexity index is 732. The highest BCUT2D eigenvalue weighted by Gasteiger charge is 2.26. The Balaban J connectivity index is 1.42. The van der Waals surface area contributed by atoms with Gasteiger partial charge in [0.2, 0.25) is 5.91 Å². The molecule has 26 heavy (non-hydrogen) atoms. The van der Waals surface area contributed by atoms with Gasteiger partial charge >= 0.3 is 0 Å². The van der Waals surface area contributed by atoms with Crippen molar-refractivity contribution >= 4 is 21.8 Å². The minimum Gasteiger partial charge on any atom is -0.497 e.